The van der Waals surface area contributed by atoms with Gasteiger partial charge in [0, 0.05) is 20.0 Å². The molecule has 0 radical (unpaired) electrons. The molecule has 0 bridgehead atoms. The zero-order valence-corrected chi connectivity index (χ0v) is 11.6. The molecular formula is C13H19N3O4. The van der Waals surface area contributed by atoms with Crippen LogP contribution in [-0.2, 0) is 27.3 Å². The Kier molecular flexibility index (Phi) is 4.39. The van der Waals surface area contributed by atoms with Gasteiger partial charge in [0.05, 0.1) is 30.4 Å². The van der Waals surface area contributed by atoms with Gasteiger partial charge in [-0.3, -0.25) is 4.79 Å². The van der Waals surface area contributed by atoms with Crippen LogP contribution in [0.5, 0.6) is 0 Å². The lowest BCUT2D eigenvalue weighted by Crippen LogP contribution is -2.48. The maximum Gasteiger partial charge on any atom is 0.326 e. The van der Waals surface area contributed by atoms with Gasteiger partial charge >= 0.3 is 5.97 Å². The molecule has 2 N–H and O–H groups in total. The highest BCUT2D eigenvalue weighted by Crippen LogP contribution is 2.22. The number of hydrogen-bond donors (Lipinski definition) is 2. The molecule has 0 aromatic carbocycles. The van der Waals surface area contributed by atoms with Crippen molar-refractivity contribution in [1.82, 2.24) is 14.9 Å². The second-order valence-corrected chi connectivity index (χ2v) is 4.99. The lowest BCUT2D eigenvalue weighted by molar-refractivity contribution is -0.151. The number of imidazole rings is 1. The van der Waals surface area contributed by atoms with Crippen LogP contribution in [0.3, 0.4) is 0 Å². The van der Waals surface area contributed by atoms with Gasteiger partial charge < -0.3 is 19.7 Å². The Bertz CT molecular complexity index is 500. The van der Waals surface area contributed by atoms with Crippen LogP contribution in [-0.4, -0.2) is 51.1 Å². The molecule has 7 heteroatoms. The highest BCUT2D eigenvalue weighted by molar-refractivity contribution is 5.84. The second-order valence-electron chi connectivity index (χ2n) is 4.99. The van der Waals surface area contributed by atoms with Gasteiger partial charge in [-0.2, -0.15) is 0 Å². The molecule has 1 aliphatic heterocycles. The summed E-state index contributed by atoms with van der Waals surface area (Å²) in [6.07, 6.45) is 2.62. The number of methoxy groups -OCH3 is 1. The van der Waals surface area contributed by atoms with E-state index >= 15 is 0 Å². The van der Waals surface area contributed by atoms with Gasteiger partial charge in [-0.15, -0.1) is 0 Å². The molecule has 0 saturated heterocycles. The number of carboxylic acid groups (broad SMARTS) is 1. The molecule has 110 valence electrons. The molecule has 0 fully saturated rings. The molecule has 0 spiro atoms. The summed E-state index contributed by atoms with van der Waals surface area (Å²) in [7, 11) is 1.59. The summed E-state index contributed by atoms with van der Waals surface area (Å²) in [5.74, 6) is -1.16. The van der Waals surface area contributed by atoms with Crippen molar-refractivity contribution in [2.24, 2.45) is 0 Å². The molecule has 2 heterocycles. The van der Waals surface area contributed by atoms with E-state index in [-0.39, 0.29) is 31.4 Å². The maximum atomic E-state index is 12.2. The Balaban J connectivity index is 2.08. The van der Waals surface area contributed by atoms with Crippen LogP contribution < -0.4 is 0 Å². The Morgan fingerprint density at radius 2 is 2.40 bits per heavy atom. The smallest absolute Gasteiger partial charge is 0.326 e. The first-order chi connectivity index (χ1) is 9.52. The zero-order valence-electron chi connectivity index (χ0n) is 11.6. The third kappa shape index (κ3) is 2.98. The highest BCUT2D eigenvalue weighted by atomic mass is 16.5. The average molecular weight is 281 g/mol. The molecule has 1 aromatic rings. The van der Waals surface area contributed by atoms with Crippen molar-refractivity contribution >= 4 is 11.9 Å². The van der Waals surface area contributed by atoms with Gasteiger partial charge in [-0.25, -0.2) is 9.78 Å². The Labute approximate surface area is 116 Å². The minimum Gasteiger partial charge on any atom is -0.480 e. The number of aliphatic carboxylic acids is 1. The molecule has 1 aromatic heterocycles. The number of carbonyl (C=O) groups excluding carboxylic acids is 1. The van der Waals surface area contributed by atoms with E-state index in [9.17, 15) is 14.7 Å². The summed E-state index contributed by atoms with van der Waals surface area (Å²) in [6.45, 7) is 2.15. The molecule has 2 atom stereocenters. The SMILES string of the molecule is COC(C)CCC(=O)N1Cc2[nH]cnc2CC1C(=O)O. The van der Waals surface area contributed by atoms with E-state index in [1.807, 2.05) is 6.92 Å². The number of ether oxygens (including phenoxy) is 1. The van der Waals surface area contributed by atoms with Crippen LogP contribution in [0, 0.1) is 0 Å². The number of hydrogen-bond acceptors (Lipinski definition) is 4. The van der Waals surface area contributed by atoms with Gasteiger partial charge in [0.25, 0.3) is 0 Å². The summed E-state index contributed by atoms with van der Waals surface area (Å²) < 4.78 is 5.10. The maximum absolute atomic E-state index is 12.2. The Morgan fingerprint density at radius 1 is 1.65 bits per heavy atom. The molecule has 1 amide bonds. The van der Waals surface area contributed by atoms with Crippen LogP contribution >= 0.6 is 0 Å². The van der Waals surface area contributed by atoms with Crippen LogP contribution in [0.1, 0.15) is 31.2 Å². The van der Waals surface area contributed by atoms with Crippen molar-refractivity contribution in [3.8, 4) is 0 Å². The first-order valence-electron chi connectivity index (χ1n) is 6.59. The van der Waals surface area contributed by atoms with E-state index in [1.165, 1.54) is 11.2 Å². The van der Waals surface area contributed by atoms with Crippen molar-refractivity contribution < 1.29 is 19.4 Å². The van der Waals surface area contributed by atoms with Gasteiger partial charge in [0.2, 0.25) is 5.91 Å². The predicted octanol–water partition coefficient (Wildman–Crippen LogP) is 0.563. The second kappa shape index (κ2) is 6.04. The monoisotopic (exact) mass is 281 g/mol. The van der Waals surface area contributed by atoms with Crippen LogP contribution in [0.2, 0.25) is 0 Å². The third-order valence-electron chi connectivity index (χ3n) is 3.67. The molecule has 2 unspecified atom stereocenters. The molecule has 0 saturated carbocycles. The van der Waals surface area contributed by atoms with E-state index in [0.717, 1.165) is 11.4 Å². The number of nitrogens with zero attached hydrogens (tertiary/aromatic N) is 2. The summed E-state index contributed by atoms with van der Waals surface area (Å²) in [6, 6.07) is -0.837. The third-order valence-corrected chi connectivity index (χ3v) is 3.67. The largest absolute Gasteiger partial charge is 0.480 e. The minimum absolute atomic E-state index is 0.0188. The van der Waals surface area contributed by atoms with Crippen molar-refractivity contribution in [2.75, 3.05) is 7.11 Å². The number of amides is 1. The van der Waals surface area contributed by atoms with E-state index in [4.69, 9.17) is 4.74 Å². The molecule has 0 aliphatic carbocycles. The molecule has 20 heavy (non-hydrogen) atoms. The number of H-pyrrole nitrogens is 1. The van der Waals surface area contributed by atoms with Crippen molar-refractivity contribution in [3.63, 3.8) is 0 Å². The normalized spacial score (nSPS) is 19.5. The lowest BCUT2D eigenvalue weighted by Gasteiger charge is -2.32. The fraction of sp³-hybridized carbons (Fsp3) is 0.615. The number of rotatable bonds is 5. The fourth-order valence-corrected chi connectivity index (χ4v) is 2.31. The highest BCUT2D eigenvalue weighted by Gasteiger charge is 2.35. The van der Waals surface area contributed by atoms with Crippen molar-refractivity contribution in [2.45, 2.75) is 44.9 Å². The summed E-state index contributed by atoms with van der Waals surface area (Å²) in [5, 5.41) is 9.29. The molecule has 2 rings (SSSR count). The first kappa shape index (κ1) is 14.5. The van der Waals surface area contributed by atoms with Gasteiger partial charge in [-0.05, 0) is 13.3 Å². The molecule has 7 nitrogen and oxygen atoms in total. The minimum atomic E-state index is -0.994. The number of aromatic nitrogens is 2. The van der Waals surface area contributed by atoms with Crippen LogP contribution in [0.25, 0.3) is 0 Å². The summed E-state index contributed by atoms with van der Waals surface area (Å²) in [5.41, 5.74) is 1.54. The number of carbonyl (C=O) groups is 2. The number of nitrogens with one attached hydrogen (secondary N) is 1. The Hall–Kier alpha value is -1.89. The van der Waals surface area contributed by atoms with E-state index in [2.05, 4.69) is 9.97 Å². The first-order valence-corrected chi connectivity index (χ1v) is 6.59. The number of aromatic amines is 1. The lowest BCUT2D eigenvalue weighted by atomic mass is 10.0. The quantitative estimate of drug-likeness (QED) is 0.822. The average Bonchev–Trinajstić information content (AvgIpc) is 2.89. The summed E-state index contributed by atoms with van der Waals surface area (Å²) >= 11 is 0. The van der Waals surface area contributed by atoms with Crippen LogP contribution in [0.4, 0.5) is 0 Å². The van der Waals surface area contributed by atoms with Gasteiger partial charge in [-0.1, -0.05) is 0 Å². The molecule has 1 aliphatic rings. The van der Waals surface area contributed by atoms with E-state index < -0.39 is 12.0 Å². The predicted molar refractivity (Wildman–Crippen MR) is 70.0 cm³/mol. The standard InChI is InChI=1S/C13H19N3O4/c1-8(20-2)3-4-12(17)16-6-10-9(14-7-15-10)5-11(16)13(18)19/h7-8,11H,3-6H2,1-2H3,(H,14,15)(H,18,19). The van der Waals surface area contributed by atoms with Gasteiger partial charge in [0.1, 0.15) is 6.04 Å². The van der Waals surface area contributed by atoms with E-state index in [1.54, 1.807) is 7.11 Å². The van der Waals surface area contributed by atoms with Gasteiger partial charge in [0.15, 0.2) is 0 Å². The van der Waals surface area contributed by atoms with Crippen LogP contribution in [0.15, 0.2) is 6.33 Å². The Morgan fingerprint density at radius 3 is 3.05 bits per heavy atom. The summed E-state index contributed by atoms with van der Waals surface area (Å²) in [4.78, 5) is 32.0. The number of fused-ring (bicyclic) bond motifs is 1. The van der Waals surface area contributed by atoms with E-state index in [0.29, 0.717) is 6.42 Å². The topological polar surface area (TPSA) is 95.5 Å². The zero-order chi connectivity index (χ0) is 14.7. The molecular weight excluding hydrogens is 262 g/mol. The fourth-order valence-electron chi connectivity index (χ4n) is 2.31. The van der Waals surface area contributed by atoms with Crippen molar-refractivity contribution in [1.29, 1.82) is 0 Å². The number of carboxylic acids is 1. The van der Waals surface area contributed by atoms with Crippen molar-refractivity contribution in [3.05, 3.63) is 17.7 Å².